The van der Waals surface area contributed by atoms with Crippen LogP contribution in [0.4, 0.5) is 5.69 Å². The summed E-state index contributed by atoms with van der Waals surface area (Å²) in [6.45, 7) is 8.48. The summed E-state index contributed by atoms with van der Waals surface area (Å²) in [6, 6.07) is 12.2. The van der Waals surface area contributed by atoms with E-state index >= 15 is 0 Å². The molecule has 0 spiro atoms. The summed E-state index contributed by atoms with van der Waals surface area (Å²) in [5.41, 5.74) is 2.51. The lowest BCUT2D eigenvalue weighted by molar-refractivity contribution is 0.0941. The van der Waals surface area contributed by atoms with E-state index in [1.54, 1.807) is 43.3 Å². The smallest absolute Gasteiger partial charge is 0.262 e. The number of likely N-dealkylation sites (tertiary alicyclic amines) is 1. The number of nitrogens with zero attached hydrogens (tertiary/aromatic N) is 1. The second kappa shape index (κ2) is 8.97. The molecule has 6 nitrogen and oxygen atoms in total. The Kier molecular flexibility index (Phi) is 6.59. The maximum Gasteiger partial charge on any atom is 0.262 e. The van der Waals surface area contributed by atoms with Crippen molar-refractivity contribution in [2.24, 2.45) is 0 Å². The van der Waals surface area contributed by atoms with Gasteiger partial charge in [-0.2, -0.15) is 0 Å². The van der Waals surface area contributed by atoms with Crippen molar-refractivity contribution in [3.63, 3.8) is 0 Å². The number of aryl methyl sites for hydroxylation is 2. The fourth-order valence-electron chi connectivity index (χ4n) is 3.75. The monoisotopic (exact) mass is 415 g/mol. The molecule has 0 aromatic heterocycles. The minimum absolute atomic E-state index is 0.142. The average molecular weight is 416 g/mol. The number of nitrogens with one attached hydrogen (secondary N) is 2. The first kappa shape index (κ1) is 21.3. The number of carbonyl (C=O) groups is 1. The van der Waals surface area contributed by atoms with Gasteiger partial charge in [-0.1, -0.05) is 19.1 Å². The van der Waals surface area contributed by atoms with E-state index in [-0.39, 0.29) is 10.8 Å². The predicted molar refractivity (Wildman–Crippen MR) is 116 cm³/mol. The number of hydrogen-bond donors (Lipinski definition) is 2. The topological polar surface area (TPSA) is 78.5 Å². The fourth-order valence-corrected chi connectivity index (χ4v) is 5.14. The Bertz CT molecular complexity index is 971. The van der Waals surface area contributed by atoms with Crippen molar-refractivity contribution in [1.29, 1.82) is 0 Å². The molecule has 1 heterocycles. The van der Waals surface area contributed by atoms with E-state index in [9.17, 15) is 13.2 Å². The van der Waals surface area contributed by atoms with Gasteiger partial charge >= 0.3 is 0 Å². The number of carbonyl (C=O) groups excluding carboxylic acids is 1. The highest BCUT2D eigenvalue weighted by molar-refractivity contribution is 7.92. The number of rotatable bonds is 7. The van der Waals surface area contributed by atoms with E-state index in [0.29, 0.717) is 29.4 Å². The molecule has 1 atom stereocenters. The molecule has 1 aliphatic heterocycles. The molecule has 0 bridgehead atoms. The maximum atomic E-state index is 12.7. The van der Waals surface area contributed by atoms with Crippen LogP contribution in [0.25, 0.3) is 0 Å². The molecule has 2 aromatic carbocycles. The molecule has 0 radical (unpaired) electrons. The second-order valence-corrected chi connectivity index (χ2v) is 9.24. The number of hydrogen-bond acceptors (Lipinski definition) is 4. The van der Waals surface area contributed by atoms with Gasteiger partial charge in [0.05, 0.1) is 4.90 Å². The molecule has 1 aliphatic rings. The van der Waals surface area contributed by atoms with Crippen LogP contribution >= 0.6 is 0 Å². The first-order valence-electron chi connectivity index (χ1n) is 10.0. The van der Waals surface area contributed by atoms with Crippen LogP contribution in [0.15, 0.2) is 47.4 Å². The Hall–Kier alpha value is -2.38. The second-order valence-electron chi connectivity index (χ2n) is 7.59. The van der Waals surface area contributed by atoms with Gasteiger partial charge in [0.2, 0.25) is 0 Å². The molecular weight excluding hydrogens is 386 g/mol. The van der Waals surface area contributed by atoms with Gasteiger partial charge in [0.15, 0.2) is 0 Å². The molecule has 1 fully saturated rings. The van der Waals surface area contributed by atoms with Crippen molar-refractivity contribution in [3.05, 3.63) is 59.2 Å². The summed E-state index contributed by atoms with van der Waals surface area (Å²) in [4.78, 5) is 15.1. The van der Waals surface area contributed by atoms with Crippen LogP contribution in [0, 0.1) is 13.8 Å². The lowest BCUT2D eigenvalue weighted by atomic mass is 10.1. The lowest BCUT2D eigenvalue weighted by Gasteiger charge is -2.22. The van der Waals surface area contributed by atoms with Crippen molar-refractivity contribution in [1.82, 2.24) is 10.2 Å². The van der Waals surface area contributed by atoms with Gasteiger partial charge in [-0.05, 0) is 81.2 Å². The maximum absolute atomic E-state index is 12.7. The third-order valence-electron chi connectivity index (χ3n) is 5.44. The fraction of sp³-hybridized carbons (Fsp3) is 0.409. The summed E-state index contributed by atoms with van der Waals surface area (Å²) < 4.78 is 28.0. The Balaban J connectivity index is 1.63. The van der Waals surface area contributed by atoms with Crippen molar-refractivity contribution < 1.29 is 13.2 Å². The van der Waals surface area contributed by atoms with E-state index in [0.717, 1.165) is 25.1 Å². The molecule has 0 aliphatic carbocycles. The Morgan fingerprint density at radius 1 is 1.14 bits per heavy atom. The van der Waals surface area contributed by atoms with Gasteiger partial charge < -0.3 is 5.32 Å². The van der Waals surface area contributed by atoms with Gasteiger partial charge in [0, 0.05) is 23.8 Å². The number of sulfonamides is 1. The minimum atomic E-state index is -3.69. The molecule has 0 saturated carbocycles. The molecule has 3 rings (SSSR count). The van der Waals surface area contributed by atoms with Gasteiger partial charge in [-0.15, -0.1) is 0 Å². The van der Waals surface area contributed by atoms with E-state index in [1.165, 1.54) is 6.42 Å². The lowest BCUT2D eigenvalue weighted by Crippen LogP contribution is -2.40. The van der Waals surface area contributed by atoms with Crippen LogP contribution < -0.4 is 10.0 Å². The van der Waals surface area contributed by atoms with Gasteiger partial charge in [0.1, 0.15) is 0 Å². The number of amides is 1. The van der Waals surface area contributed by atoms with Crippen molar-refractivity contribution >= 4 is 21.6 Å². The Labute approximate surface area is 173 Å². The van der Waals surface area contributed by atoms with E-state index < -0.39 is 10.0 Å². The van der Waals surface area contributed by atoms with Crippen LogP contribution in [-0.4, -0.2) is 44.9 Å². The quantitative estimate of drug-likeness (QED) is 0.727. The molecule has 2 N–H and O–H groups in total. The SMILES string of the molecule is CCN1CCC[C@H]1CNC(=O)c1ccc(NS(=O)(=O)c2cc(C)ccc2C)cc1. The van der Waals surface area contributed by atoms with Gasteiger partial charge in [-0.3, -0.25) is 14.4 Å². The number of likely N-dealkylation sites (N-methyl/N-ethyl adjacent to an activating group) is 1. The molecule has 1 saturated heterocycles. The Morgan fingerprint density at radius 3 is 2.55 bits per heavy atom. The summed E-state index contributed by atoms with van der Waals surface area (Å²) in [6.07, 6.45) is 2.27. The normalized spacial score (nSPS) is 17.3. The number of anilines is 1. The van der Waals surface area contributed by atoms with Crippen LogP contribution in [0.3, 0.4) is 0 Å². The molecule has 1 amide bonds. The number of benzene rings is 2. The van der Waals surface area contributed by atoms with Crippen LogP contribution in [0.5, 0.6) is 0 Å². The predicted octanol–water partition coefficient (Wildman–Crippen LogP) is 3.32. The van der Waals surface area contributed by atoms with Gasteiger partial charge in [-0.25, -0.2) is 8.42 Å². The zero-order valence-electron chi connectivity index (χ0n) is 17.2. The Morgan fingerprint density at radius 2 is 1.86 bits per heavy atom. The first-order chi connectivity index (χ1) is 13.8. The highest BCUT2D eigenvalue weighted by Gasteiger charge is 2.23. The van der Waals surface area contributed by atoms with E-state index in [4.69, 9.17) is 0 Å². The standard InChI is InChI=1S/C22H29N3O3S/c1-4-25-13-5-6-20(25)15-23-22(26)18-9-11-19(12-10-18)24-29(27,28)21-14-16(2)7-8-17(21)3/h7-12,14,20,24H,4-6,13,15H2,1-3H3,(H,23,26)/t20-/m0/s1. The molecule has 0 unspecified atom stereocenters. The molecule has 29 heavy (non-hydrogen) atoms. The van der Waals surface area contributed by atoms with E-state index in [1.807, 2.05) is 13.0 Å². The van der Waals surface area contributed by atoms with Crippen LogP contribution in [-0.2, 0) is 10.0 Å². The minimum Gasteiger partial charge on any atom is -0.350 e. The highest BCUT2D eigenvalue weighted by Crippen LogP contribution is 2.21. The zero-order chi connectivity index (χ0) is 21.0. The third kappa shape index (κ3) is 5.16. The highest BCUT2D eigenvalue weighted by atomic mass is 32.2. The third-order valence-corrected chi connectivity index (χ3v) is 6.96. The summed E-state index contributed by atoms with van der Waals surface area (Å²) in [7, 11) is -3.69. The molecule has 156 valence electrons. The van der Waals surface area contributed by atoms with Crippen molar-refractivity contribution in [2.75, 3.05) is 24.4 Å². The van der Waals surface area contributed by atoms with Gasteiger partial charge in [0.25, 0.3) is 15.9 Å². The average Bonchev–Trinajstić information content (AvgIpc) is 3.15. The molecule has 7 heteroatoms. The summed E-state index contributed by atoms with van der Waals surface area (Å²) in [5.74, 6) is -0.142. The van der Waals surface area contributed by atoms with Crippen LogP contribution in [0.2, 0.25) is 0 Å². The summed E-state index contributed by atoms with van der Waals surface area (Å²) in [5, 5.41) is 2.99. The molecule has 2 aromatic rings. The largest absolute Gasteiger partial charge is 0.350 e. The van der Waals surface area contributed by atoms with E-state index in [2.05, 4.69) is 21.9 Å². The summed E-state index contributed by atoms with van der Waals surface area (Å²) >= 11 is 0. The van der Waals surface area contributed by atoms with Crippen LogP contribution in [0.1, 0.15) is 41.3 Å². The van der Waals surface area contributed by atoms with Crippen molar-refractivity contribution in [2.45, 2.75) is 44.6 Å². The zero-order valence-corrected chi connectivity index (χ0v) is 18.1. The first-order valence-corrected chi connectivity index (χ1v) is 11.5. The van der Waals surface area contributed by atoms with Crippen molar-refractivity contribution in [3.8, 4) is 0 Å². The molecular formula is C22H29N3O3S.